The van der Waals surface area contributed by atoms with Crippen LogP contribution in [0, 0.1) is 10.7 Å². The molecule has 4 rings (SSSR count). The summed E-state index contributed by atoms with van der Waals surface area (Å²) in [5.41, 5.74) is 4.86. The van der Waals surface area contributed by atoms with Crippen LogP contribution in [0.1, 0.15) is 11.1 Å². The van der Waals surface area contributed by atoms with Gasteiger partial charge < -0.3 is 9.47 Å². The molecule has 1 unspecified atom stereocenters. The SMILES string of the molecule is COc1cc(I)c2c(c1-c1c(OC)cc(I)c3cc(I)ccc13)C=CC(I)C2. The normalized spacial score (nSPS) is 15.6. The molecule has 28 heavy (non-hydrogen) atoms. The predicted molar refractivity (Wildman–Crippen MR) is 151 cm³/mol. The molecule has 0 bridgehead atoms. The lowest BCUT2D eigenvalue weighted by Gasteiger charge is -2.24. The van der Waals surface area contributed by atoms with E-state index in [1.54, 1.807) is 14.2 Å². The molecule has 0 saturated heterocycles. The molecule has 0 aromatic heterocycles. The van der Waals surface area contributed by atoms with Crippen molar-refractivity contribution in [2.24, 2.45) is 0 Å². The van der Waals surface area contributed by atoms with Gasteiger partial charge >= 0.3 is 0 Å². The second-order valence-electron chi connectivity index (χ2n) is 6.53. The Hall–Kier alpha value is 0.180. The van der Waals surface area contributed by atoms with E-state index in [4.69, 9.17) is 9.47 Å². The summed E-state index contributed by atoms with van der Waals surface area (Å²) < 4.78 is 15.9. The minimum atomic E-state index is 0.511. The summed E-state index contributed by atoms with van der Waals surface area (Å²) in [7, 11) is 3.50. The average Bonchev–Trinajstić information content (AvgIpc) is 2.69. The van der Waals surface area contributed by atoms with Crippen LogP contribution in [0.15, 0.2) is 36.4 Å². The molecule has 3 aromatic carbocycles. The van der Waals surface area contributed by atoms with E-state index >= 15 is 0 Å². The average molecular weight is 820 g/mol. The highest BCUT2D eigenvalue weighted by Gasteiger charge is 2.25. The monoisotopic (exact) mass is 820 g/mol. The molecule has 0 spiro atoms. The zero-order valence-corrected chi connectivity index (χ0v) is 23.8. The summed E-state index contributed by atoms with van der Waals surface area (Å²) in [5, 5.41) is 2.43. The predicted octanol–water partition coefficient (Wildman–Crippen LogP) is 7.71. The Kier molecular flexibility index (Phi) is 6.68. The number of allylic oxidation sites excluding steroid dienone is 1. The Morgan fingerprint density at radius 2 is 1.54 bits per heavy atom. The zero-order valence-electron chi connectivity index (χ0n) is 15.2. The minimum Gasteiger partial charge on any atom is -0.496 e. The fourth-order valence-electron chi connectivity index (χ4n) is 3.71. The minimum absolute atomic E-state index is 0.511. The smallest absolute Gasteiger partial charge is 0.128 e. The number of hydrogen-bond donors (Lipinski definition) is 0. The molecule has 0 N–H and O–H groups in total. The van der Waals surface area contributed by atoms with Crippen LogP contribution in [-0.4, -0.2) is 18.1 Å². The van der Waals surface area contributed by atoms with Gasteiger partial charge in [0.15, 0.2) is 0 Å². The van der Waals surface area contributed by atoms with Crippen LogP contribution in [0.5, 0.6) is 11.5 Å². The zero-order chi connectivity index (χ0) is 20.0. The van der Waals surface area contributed by atoms with Gasteiger partial charge in [0.05, 0.1) is 14.2 Å². The molecule has 2 nitrogen and oxygen atoms in total. The molecule has 0 fully saturated rings. The van der Waals surface area contributed by atoms with Crippen LogP contribution >= 0.6 is 90.4 Å². The third kappa shape index (κ3) is 3.79. The molecule has 0 radical (unpaired) electrons. The van der Waals surface area contributed by atoms with Gasteiger partial charge in [-0.3, -0.25) is 0 Å². The highest BCUT2D eigenvalue weighted by molar-refractivity contribution is 14.1. The third-order valence-electron chi connectivity index (χ3n) is 4.96. The van der Waals surface area contributed by atoms with Gasteiger partial charge in [-0.2, -0.15) is 0 Å². The number of fused-ring (bicyclic) bond motifs is 2. The molecule has 0 aliphatic heterocycles. The lowest BCUT2D eigenvalue weighted by atomic mass is 9.87. The Balaban J connectivity index is 2.17. The van der Waals surface area contributed by atoms with Crippen LogP contribution in [0.25, 0.3) is 28.0 Å². The summed E-state index contributed by atoms with van der Waals surface area (Å²) in [6, 6.07) is 10.9. The summed E-state index contributed by atoms with van der Waals surface area (Å²) >= 11 is 9.71. The van der Waals surface area contributed by atoms with Gasteiger partial charge in [0.1, 0.15) is 11.5 Å². The van der Waals surface area contributed by atoms with Crippen molar-refractivity contribution in [1.29, 1.82) is 0 Å². The lowest BCUT2D eigenvalue weighted by Crippen LogP contribution is -2.10. The van der Waals surface area contributed by atoms with Gasteiger partial charge in [-0.25, -0.2) is 0 Å². The van der Waals surface area contributed by atoms with E-state index in [-0.39, 0.29) is 0 Å². The molecule has 0 amide bonds. The van der Waals surface area contributed by atoms with Gasteiger partial charge in [0.25, 0.3) is 0 Å². The maximum Gasteiger partial charge on any atom is 0.128 e. The van der Waals surface area contributed by atoms with Crippen LogP contribution in [-0.2, 0) is 6.42 Å². The van der Waals surface area contributed by atoms with Crippen molar-refractivity contribution in [3.8, 4) is 22.6 Å². The van der Waals surface area contributed by atoms with Gasteiger partial charge in [0, 0.05) is 25.8 Å². The van der Waals surface area contributed by atoms with Gasteiger partial charge in [-0.15, -0.1) is 0 Å². The molecule has 0 saturated carbocycles. The Labute approximate surface area is 219 Å². The molecule has 3 aromatic rings. The molecule has 1 aliphatic carbocycles. The second kappa shape index (κ2) is 8.74. The molecule has 1 atom stereocenters. The fourth-order valence-corrected chi connectivity index (χ4v) is 6.37. The highest BCUT2D eigenvalue weighted by Crippen LogP contribution is 2.48. The van der Waals surface area contributed by atoms with E-state index in [0.29, 0.717) is 3.92 Å². The van der Waals surface area contributed by atoms with E-state index in [0.717, 1.165) is 29.0 Å². The molecule has 6 heteroatoms. The van der Waals surface area contributed by atoms with E-state index in [1.807, 2.05) is 0 Å². The van der Waals surface area contributed by atoms with E-state index in [2.05, 4.69) is 133 Å². The Bertz CT molecular complexity index is 1120. The maximum atomic E-state index is 5.88. The van der Waals surface area contributed by atoms with E-state index in [1.165, 1.54) is 32.6 Å². The van der Waals surface area contributed by atoms with Crippen LogP contribution < -0.4 is 9.47 Å². The first kappa shape index (κ1) is 21.4. The first-order chi connectivity index (χ1) is 13.4. The number of halogens is 4. The van der Waals surface area contributed by atoms with Crippen molar-refractivity contribution in [1.82, 2.24) is 0 Å². The highest BCUT2D eigenvalue weighted by atomic mass is 127. The van der Waals surface area contributed by atoms with Crippen molar-refractivity contribution >= 4 is 107 Å². The number of hydrogen-bond acceptors (Lipinski definition) is 2. The van der Waals surface area contributed by atoms with Crippen molar-refractivity contribution in [2.45, 2.75) is 10.3 Å². The number of benzene rings is 3. The Morgan fingerprint density at radius 3 is 2.25 bits per heavy atom. The second-order valence-corrected chi connectivity index (χ2v) is 11.7. The van der Waals surface area contributed by atoms with Crippen LogP contribution in [0.3, 0.4) is 0 Å². The topological polar surface area (TPSA) is 18.5 Å². The number of ether oxygens (including phenoxy) is 2. The van der Waals surface area contributed by atoms with E-state index < -0.39 is 0 Å². The molecular formula is C22H16I4O2. The molecule has 1 aliphatic rings. The standard InChI is InChI=1S/C22H16I4O2/c1-27-19-9-17(25)15-7-11(23)3-5-13(15)21(19)22-14-6-4-12(24)8-16(14)18(26)10-20(22)28-2/h3-7,9-10,12H,8H2,1-2H3. The molecular weight excluding hydrogens is 804 g/mol. The summed E-state index contributed by atoms with van der Waals surface area (Å²) in [4.78, 5) is 0. The summed E-state index contributed by atoms with van der Waals surface area (Å²) in [6.45, 7) is 0. The Morgan fingerprint density at radius 1 is 0.857 bits per heavy atom. The van der Waals surface area contributed by atoms with Gasteiger partial charge in [-0.05, 0) is 120 Å². The number of rotatable bonds is 3. The lowest BCUT2D eigenvalue weighted by molar-refractivity contribution is 0.410. The van der Waals surface area contributed by atoms with Gasteiger partial charge in [0.2, 0.25) is 0 Å². The van der Waals surface area contributed by atoms with Crippen molar-refractivity contribution in [2.75, 3.05) is 14.2 Å². The summed E-state index contributed by atoms with van der Waals surface area (Å²) in [6.07, 6.45) is 5.57. The first-order valence-corrected chi connectivity index (χ1v) is 13.1. The third-order valence-corrected chi connectivity index (χ3v) is 8.34. The van der Waals surface area contributed by atoms with Gasteiger partial charge in [-0.1, -0.05) is 40.8 Å². The van der Waals surface area contributed by atoms with Crippen molar-refractivity contribution in [3.05, 3.63) is 58.2 Å². The fraction of sp³-hybridized carbons (Fsp3) is 0.182. The van der Waals surface area contributed by atoms with E-state index in [9.17, 15) is 0 Å². The van der Waals surface area contributed by atoms with Crippen LogP contribution in [0.4, 0.5) is 0 Å². The van der Waals surface area contributed by atoms with Crippen molar-refractivity contribution in [3.63, 3.8) is 0 Å². The first-order valence-electron chi connectivity index (χ1n) is 8.62. The molecule has 0 heterocycles. The maximum absolute atomic E-state index is 5.88. The largest absolute Gasteiger partial charge is 0.496 e. The van der Waals surface area contributed by atoms with Crippen LogP contribution in [0.2, 0.25) is 0 Å². The molecule has 144 valence electrons. The summed E-state index contributed by atoms with van der Waals surface area (Å²) in [5.74, 6) is 1.77. The quantitative estimate of drug-likeness (QED) is 0.199. The number of alkyl halides is 1. The number of methoxy groups -OCH3 is 2. The van der Waals surface area contributed by atoms with Crippen molar-refractivity contribution < 1.29 is 9.47 Å².